The van der Waals surface area contributed by atoms with Crippen LogP contribution in [0.15, 0.2) is 36.4 Å². The van der Waals surface area contributed by atoms with Gasteiger partial charge in [0.25, 0.3) is 5.91 Å². The van der Waals surface area contributed by atoms with Crippen molar-refractivity contribution in [2.24, 2.45) is 0 Å². The minimum Gasteiger partial charge on any atom is -0.490 e. The Morgan fingerprint density at radius 3 is 2.48 bits per heavy atom. The van der Waals surface area contributed by atoms with E-state index in [1.165, 1.54) is 4.90 Å². The molecule has 1 N–H and O–H groups in total. The van der Waals surface area contributed by atoms with Gasteiger partial charge in [0.15, 0.2) is 29.1 Å². The quantitative estimate of drug-likeness (QED) is 0.698. The zero-order chi connectivity index (χ0) is 20.8. The van der Waals surface area contributed by atoms with Crippen molar-refractivity contribution in [2.45, 2.75) is 33.0 Å². The van der Waals surface area contributed by atoms with Crippen LogP contribution >= 0.6 is 0 Å². The number of nitrogens with one attached hydrogen (secondary N) is 1. The van der Waals surface area contributed by atoms with Crippen LogP contribution in [0.5, 0.6) is 23.0 Å². The molecule has 7 nitrogen and oxygen atoms in total. The Balaban J connectivity index is 1.61. The topological polar surface area (TPSA) is 69.3 Å². The van der Waals surface area contributed by atoms with Crippen molar-refractivity contribution in [1.82, 2.24) is 10.2 Å². The van der Waals surface area contributed by atoms with Crippen LogP contribution in [0.25, 0.3) is 0 Å². The third-order valence-electron chi connectivity index (χ3n) is 4.50. The molecule has 29 heavy (non-hydrogen) atoms. The first-order valence-electron chi connectivity index (χ1n) is 9.70. The predicted molar refractivity (Wildman–Crippen MR) is 110 cm³/mol. The summed E-state index contributed by atoms with van der Waals surface area (Å²) in [6.07, 6.45) is -0.584. The highest BCUT2D eigenvalue weighted by atomic mass is 16.7. The van der Waals surface area contributed by atoms with Gasteiger partial charge in [-0.3, -0.25) is 4.79 Å². The molecule has 1 heterocycles. The van der Waals surface area contributed by atoms with Crippen LogP contribution in [-0.2, 0) is 17.9 Å². The largest absolute Gasteiger partial charge is 0.490 e. The number of hydrogen-bond donors (Lipinski definition) is 1. The third-order valence-corrected chi connectivity index (χ3v) is 4.50. The summed E-state index contributed by atoms with van der Waals surface area (Å²) < 4.78 is 22.3. The smallest absolute Gasteiger partial charge is 0.262 e. The molecule has 0 saturated heterocycles. The van der Waals surface area contributed by atoms with E-state index in [0.29, 0.717) is 31.2 Å². The van der Waals surface area contributed by atoms with Gasteiger partial charge in [-0.15, -0.1) is 0 Å². The Morgan fingerprint density at radius 1 is 1.07 bits per heavy atom. The molecule has 0 fully saturated rings. The maximum absolute atomic E-state index is 12.1. The highest BCUT2D eigenvalue weighted by molar-refractivity contribution is 5.80. The maximum atomic E-state index is 12.1. The molecule has 1 unspecified atom stereocenters. The molecule has 1 aliphatic heterocycles. The Morgan fingerprint density at radius 2 is 1.76 bits per heavy atom. The van der Waals surface area contributed by atoms with Gasteiger partial charge < -0.3 is 29.2 Å². The fraction of sp³-hybridized carbons (Fsp3) is 0.409. The van der Waals surface area contributed by atoms with Gasteiger partial charge >= 0.3 is 0 Å². The second-order valence-electron chi connectivity index (χ2n) is 7.00. The molecule has 0 spiro atoms. The number of benzene rings is 2. The summed E-state index contributed by atoms with van der Waals surface area (Å²) >= 11 is 0. The van der Waals surface area contributed by atoms with Gasteiger partial charge in [0.2, 0.25) is 6.79 Å². The van der Waals surface area contributed by atoms with Crippen LogP contribution in [0.4, 0.5) is 0 Å². The summed E-state index contributed by atoms with van der Waals surface area (Å²) in [5, 5.41) is 3.42. The monoisotopic (exact) mass is 400 g/mol. The molecule has 0 bridgehead atoms. The van der Waals surface area contributed by atoms with Gasteiger partial charge in [-0.1, -0.05) is 12.1 Å². The van der Waals surface area contributed by atoms with E-state index in [1.54, 1.807) is 21.0 Å². The van der Waals surface area contributed by atoms with Gasteiger partial charge in [0, 0.05) is 27.2 Å². The van der Waals surface area contributed by atoms with Crippen molar-refractivity contribution < 1.29 is 23.7 Å². The Hall–Kier alpha value is -2.93. The first-order chi connectivity index (χ1) is 14.0. The Bertz CT molecular complexity index is 853. The van der Waals surface area contributed by atoms with Gasteiger partial charge in [-0.25, -0.2) is 0 Å². The second kappa shape index (κ2) is 9.52. The molecular formula is C22H28N2O5. The first-order valence-corrected chi connectivity index (χ1v) is 9.70. The average Bonchev–Trinajstić information content (AvgIpc) is 3.17. The van der Waals surface area contributed by atoms with Crippen molar-refractivity contribution in [3.63, 3.8) is 0 Å². The molecule has 2 aromatic rings. The Labute approximate surface area is 171 Å². The number of likely N-dealkylation sites (N-methyl/N-ethyl adjacent to an activating group) is 1. The lowest BCUT2D eigenvalue weighted by atomic mass is 10.1. The van der Waals surface area contributed by atoms with Crippen molar-refractivity contribution in [3.05, 3.63) is 47.5 Å². The predicted octanol–water partition coefficient (Wildman–Crippen LogP) is 2.96. The number of carbonyl (C=O) groups is 1. The lowest BCUT2D eigenvalue weighted by Crippen LogP contribution is -2.35. The molecule has 156 valence electrons. The molecule has 0 aliphatic carbocycles. The van der Waals surface area contributed by atoms with E-state index in [1.807, 2.05) is 43.3 Å². The Kier molecular flexibility index (Phi) is 6.82. The standard InChI is InChI=1S/C22H28N2O5/c1-5-26-21-11-17(7-9-19(21)29-15(2)22(25)24(3)4)13-23-12-16-6-8-18-20(10-16)28-14-27-18/h6-11,15,23H,5,12-14H2,1-4H3. The van der Waals surface area contributed by atoms with E-state index >= 15 is 0 Å². The molecule has 1 aliphatic rings. The van der Waals surface area contributed by atoms with E-state index in [2.05, 4.69) is 5.32 Å². The van der Waals surface area contributed by atoms with Crippen molar-refractivity contribution in [3.8, 4) is 23.0 Å². The van der Waals surface area contributed by atoms with Gasteiger partial charge in [-0.2, -0.15) is 0 Å². The van der Waals surface area contributed by atoms with Gasteiger partial charge in [0.1, 0.15) is 0 Å². The SMILES string of the molecule is CCOc1cc(CNCc2ccc3c(c2)OCO3)ccc1OC(C)C(=O)N(C)C. The lowest BCUT2D eigenvalue weighted by Gasteiger charge is -2.20. The average molecular weight is 400 g/mol. The normalized spacial score (nSPS) is 13.1. The number of nitrogens with zero attached hydrogens (tertiary/aromatic N) is 1. The van der Waals surface area contributed by atoms with Crippen molar-refractivity contribution >= 4 is 5.91 Å². The molecule has 0 aromatic heterocycles. The lowest BCUT2D eigenvalue weighted by molar-refractivity contribution is -0.135. The molecule has 1 amide bonds. The zero-order valence-electron chi connectivity index (χ0n) is 17.4. The number of fused-ring (bicyclic) bond motifs is 1. The van der Waals surface area contributed by atoms with Crippen LogP contribution in [0, 0.1) is 0 Å². The molecule has 7 heteroatoms. The minimum absolute atomic E-state index is 0.0954. The second-order valence-corrected chi connectivity index (χ2v) is 7.00. The molecule has 1 atom stereocenters. The minimum atomic E-state index is -0.584. The molecule has 2 aromatic carbocycles. The van der Waals surface area contributed by atoms with Crippen LogP contribution in [0.1, 0.15) is 25.0 Å². The highest BCUT2D eigenvalue weighted by Crippen LogP contribution is 2.32. The summed E-state index contributed by atoms with van der Waals surface area (Å²) in [6, 6.07) is 11.7. The zero-order valence-corrected chi connectivity index (χ0v) is 17.4. The van der Waals surface area contributed by atoms with E-state index in [4.69, 9.17) is 18.9 Å². The van der Waals surface area contributed by atoms with Gasteiger partial charge in [0.05, 0.1) is 6.61 Å². The maximum Gasteiger partial charge on any atom is 0.262 e. The summed E-state index contributed by atoms with van der Waals surface area (Å²) in [5.74, 6) is 2.67. The van der Waals surface area contributed by atoms with Crippen LogP contribution in [0.2, 0.25) is 0 Å². The number of amides is 1. The summed E-state index contributed by atoms with van der Waals surface area (Å²) in [7, 11) is 3.42. The van der Waals surface area contributed by atoms with E-state index in [0.717, 1.165) is 22.6 Å². The summed E-state index contributed by atoms with van der Waals surface area (Å²) in [5.41, 5.74) is 2.18. The van der Waals surface area contributed by atoms with Crippen molar-refractivity contribution in [2.75, 3.05) is 27.5 Å². The molecule has 0 saturated carbocycles. The third kappa shape index (κ3) is 5.32. The number of rotatable bonds is 9. The molecule has 3 rings (SSSR count). The molecule has 0 radical (unpaired) electrons. The van der Waals surface area contributed by atoms with E-state index in [-0.39, 0.29) is 12.7 Å². The fourth-order valence-electron chi connectivity index (χ4n) is 3.03. The molecular weight excluding hydrogens is 372 g/mol. The summed E-state index contributed by atoms with van der Waals surface area (Å²) in [4.78, 5) is 13.6. The van der Waals surface area contributed by atoms with E-state index in [9.17, 15) is 4.79 Å². The fourth-order valence-corrected chi connectivity index (χ4v) is 3.03. The number of hydrogen-bond acceptors (Lipinski definition) is 6. The summed E-state index contributed by atoms with van der Waals surface area (Å²) in [6.45, 7) is 5.82. The number of ether oxygens (including phenoxy) is 4. The van der Waals surface area contributed by atoms with E-state index < -0.39 is 6.10 Å². The first kappa shape index (κ1) is 20.8. The van der Waals surface area contributed by atoms with Crippen LogP contribution in [-0.4, -0.2) is 44.4 Å². The highest BCUT2D eigenvalue weighted by Gasteiger charge is 2.19. The van der Waals surface area contributed by atoms with Crippen LogP contribution in [0.3, 0.4) is 0 Å². The number of carbonyl (C=O) groups excluding carboxylic acids is 1. The van der Waals surface area contributed by atoms with Crippen molar-refractivity contribution in [1.29, 1.82) is 0 Å². The van der Waals surface area contributed by atoms with Gasteiger partial charge in [-0.05, 0) is 49.2 Å². The van der Waals surface area contributed by atoms with Crippen LogP contribution < -0.4 is 24.3 Å².